The predicted molar refractivity (Wildman–Crippen MR) is 81.7 cm³/mol. The Balaban J connectivity index is 2.12. The first kappa shape index (κ1) is 17.5. The third-order valence-corrected chi connectivity index (χ3v) is 6.50. The van der Waals surface area contributed by atoms with Crippen LogP contribution in [0.15, 0.2) is 11.1 Å². The van der Waals surface area contributed by atoms with Crippen molar-refractivity contribution < 1.29 is 34.8 Å². The molecule has 0 heterocycles. The Hall–Kier alpha value is -1.28. The van der Waals surface area contributed by atoms with Gasteiger partial charge in [0.1, 0.15) is 12.2 Å². The van der Waals surface area contributed by atoms with Crippen LogP contribution in [0, 0.1) is 10.8 Å². The number of rotatable bonds is 2. The highest BCUT2D eigenvalue weighted by Crippen LogP contribution is 2.69. The van der Waals surface area contributed by atoms with Crippen LogP contribution < -0.4 is 0 Å². The first-order chi connectivity index (χ1) is 10.8. The fourth-order valence-corrected chi connectivity index (χ4v) is 4.60. The SMILES string of the molecule is CC(=O)OCC1(C)C(O)C2=C(C1O)C(C)(O)C1(CC1)C(C)(O)C2=O. The van der Waals surface area contributed by atoms with Gasteiger partial charge in [-0.2, -0.15) is 0 Å². The van der Waals surface area contributed by atoms with Crippen LogP contribution in [0.25, 0.3) is 0 Å². The molecule has 0 aromatic heterocycles. The molecule has 0 aromatic rings. The Bertz CT molecular complexity index is 656. The number of carbonyl (C=O) groups excluding carboxylic acids is 2. The lowest BCUT2D eigenvalue weighted by molar-refractivity contribution is -0.160. The molecule has 5 unspecified atom stereocenters. The van der Waals surface area contributed by atoms with Gasteiger partial charge >= 0.3 is 5.97 Å². The Kier molecular flexibility index (Phi) is 3.41. The second-order valence-electron chi connectivity index (χ2n) is 7.97. The van der Waals surface area contributed by atoms with Gasteiger partial charge in [0, 0.05) is 23.5 Å². The first-order valence-corrected chi connectivity index (χ1v) is 8.08. The summed E-state index contributed by atoms with van der Waals surface area (Å²) in [6, 6.07) is 0. The number of carbonyl (C=O) groups is 2. The summed E-state index contributed by atoms with van der Waals surface area (Å²) in [5.74, 6) is -1.26. The molecule has 3 aliphatic carbocycles. The molecule has 7 heteroatoms. The Morgan fingerprint density at radius 3 is 2.12 bits per heavy atom. The number of hydrogen-bond donors (Lipinski definition) is 4. The van der Waals surface area contributed by atoms with E-state index in [1.807, 2.05) is 0 Å². The van der Waals surface area contributed by atoms with Crippen molar-refractivity contribution in [3.05, 3.63) is 11.1 Å². The normalized spacial score (nSPS) is 46.2. The zero-order valence-corrected chi connectivity index (χ0v) is 14.3. The zero-order valence-electron chi connectivity index (χ0n) is 14.3. The maximum Gasteiger partial charge on any atom is 0.302 e. The summed E-state index contributed by atoms with van der Waals surface area (Å²) in [5, 5.41) is 43.4. The number of esters is 1. The molecule has 0 bridgehead atoms. The lowest BCUT2D eigenvalue weighted by Gasteiger charge is -2.48. The summed E-state index contributed by atoms with van der Waals surface area (Å²) in [6.45, 7) is 5.19. The van der Waals surface area contributed by atoms with Crippen molar-refractivity contribution in [2.24, 2.45) is 10.8 Å². The Labute approximate surface area is 139 Å². The van der Waals surface area contributed by atoms with E-state index in [0.717, 1.165) is 0 Å². The summed E-state index contributed by atoms with van der Waals surface area (Å²) in [6.07, 6.45) is -1.93. The van der Waals surface area contributed by atoms with Gasteiger partial charge in [-0.05, 0) is 26.7 Å². The molecular formula is C17H24O7. The van der Waals surface area contributed by atoms with Gasteiger partial charge < -0.3 is 25.2 Å². The van der Waals surface area contributed by atoms with Gasteiger partial charge in [-0.25, -0.2) is 0 Å². The van der Waals surface area contributed by atoms with Crippen molar-refractivity contribution in [1.82, 2.24) is 0 Å². The molecule has 4 N–H and O–H groups in total. The Morgan fingerprint density at radius 2 is 1.67 bits per heavy atom. The van der Waals surface area contributed by atoms with E-state index in [-0.39, 0.29) is 17.8 Å². The molecule has 1 spiro atoms. The highest BCUT2D eigenvalue weighted by Gasteiger charge is 2.76. The molecule has 24 heavy (non-hydrogen) atoms. The maximum atomic E-state index is 12.9. The molecule has 0 radical (unpaired) electrons. The molecule has 0 aromatic carbocycles. The Morgan fingerprint density at radius 1 is 1.12 bits per heavy atom. The van der Waals surface area contributed by atoms with Crippen LogP contribution in [0.4, 0.5) is 0 Å². The molecule has 134 valence electrons. The van der Waals surface area contributed by atoms with Crippen LogP contribution in [0.5, 0.6) is 0 Å². The van der Waals surface area contributed by atoms with Crippen molar-refractivity contribution >= 4 is 11.8 Å². The van der Waals surface area contributed by atoms with Gasteiger partial charge in [0.25, 0.3) is 0 Å². The summed E-state index contributed by atoms with van der Waals surface area (Å²) in [5.41, 5.74) is -6.03. The lowest BCUT2D eigenvalue weighted by atomic mass is 9.61. The molecule has 1 fully saturated rings. The molecule has 0 saturated heterocycles. The fraction of sp³-hybridized carbons (Fsp3) is 0.765. The van der Waals surface area contributed by atoms with E-state index in [2.05, 4.69) is 0 Å². The molecule has 1 saturated carbocycles. The van der Waals surface area contributed by atoms with Gasteiger partial charge in [-0.3, -0.25) is 9.59 Å². The van der Waals surface area contributed by atoms with Crippen LogP contribution in [0.1, 0.15) is 40.5 Å². The van der Waals surface area contributed by atoms with Gasteiger partial charge in [0.2, 0.25) is 0 Å². The molecule has 5 atom stereocenters. The number of aliphatic hydroxyl groups is 4. The van der Waals surface area contributed by atoms with Gasteiger partial charge in [0.05, 0.1) is 23.2 Å². The maximum absolute atomic E-state index is 12.9. The second kappa shape index (κ2) is 4.66. The number of ketones is 1. The average Bonchev–Trinajstić information content (AvgIpc) is 3.26. The first-order valence-electron chi connectivity index (χ1n) is 8.08. The van der Waals surface area contributed by atoms with E-state index in [1.54, 1.807) is 0 Å². The zero-order chi connectivity index (χ0) is 18.3. The second-order valence-corrected chi connectivity index (χ2v) is 7.97. The topological polar surface area (TPSA) is 124 Å². The minimum Gasteiger partial charge on any atom is -0.465 e. The van der Waals surface area contributed by atoms with E-state index in [9.17, 15) is 30.0 Å². The van der Waals surface area contributed by atoms with E-state index >= 15 is 0 Å². The fourth-order valence-electron chi connectivity index (χ4n) is 4.60. The number of aliphatic hydroxyl groups excluding tert-OH is 2. The van der Waals surface area contributed by atoms with Crippen molar-refractivity contribution in [3.8, 4) is 0 Å². The summed E-state index contributed by atoms with van der Waals surface area (Å²) >= 11 is 0. The standard InChI is InChI=1S/C17H24O7/c1-8(18)24-7-14(2)11(19)9-10(13(14)21)15(3,22)17(5-6-17)16(4,23)12(9)20/h11,13,19,21-23H,5-7H2,1-4H3. The lowest BCUT2D eigenvalue weighted by Crippen LogP contribution is -2.61. The van der Waals surface area contributed by atoms with Crippen LogP contribution in [0.3, 0.4) is 0 Å². The van der Waals surface area contributed by atoms with E-state index in [0.29, 0.717) is 12.8 Å². The summed E-state index contributed by atoms with van der Waals surface area (Å²) in [7, 11) is 0. The highest BCUT2D eigenvalue weighted by atomic mass is 16.5. The van der Waals surface area contributed by atoms with Crippen LogP contribution in [0.2, 0.25) is 0 Å². The predicted octanol–water partition coefficient (Wildman–Crippen LogP) is -0.547. The van der Waals surface area contributed by atoms with Crippen molar-refractivity contribution in [2.45, 2.75) is 63.9 Å². The number of Topliss-reactive ketones (excluding diaryl/α,β-unsaturated/α-hetero) is 1. The smallest absolute Gasteiger partial charge is 0.302 e. The molecule has 0 amide bonds. The molecule has 0 aliphatic heterocycles. The van der Waals surface area contributed by atoms with Crippen molar-refractivity contribution in [3.63, 3.8) is 0 Å². The minimum absolute atomic E-state index is 0.0404. The highest BCUT2D eigenvalue weighted by molar-refractivity contribution is 6.06. The van der Waals surface area contributed by atoms with Gasteiger partial charge in [0.15, 0.2) is 5.78 Å². The van der Waals surface area contributed by atoms with E-state index < -0.39 is 46.0 Å². The van der Waals surface area contributed by atoms with E-state index in [4.69, 9.17) is 4.74 Å². The van der Waals surface area contributed by atoms with Crippen molar-refractivity contribution in [1.29, 1.82) is 0 Å². The number of hydrogen-bond acceptors (Lipinski definition) is 7. The molecule has 7 nitrogen and oxygen atoms in total. The van der Waals surface area contributed by atoms with Gasteiger partial charge in [-0.1, -0.05) is 6.92 Å². The summed E-state index contributed by atoms with van der Waals surface area (Å²) < 4.78 is 4.96. The third-order valence-electron chi connectivity index (χ3n) is 6.50. The van der Waals surface area contributed by atoms with Crippen LogP contribution in [-0.2, 0) is 14.3 Å². The van der Waals surface area contributed by atoms with Crippen LogP contribution >= 0.6 is 0 Å². The summed E-state index contributed by atoms with van der Waals surface area (Å²) in [4.78, 5) is 24.0. The van der Waals surface area contributed by atoms with Crippen LogP contribution in [-0.4, -0.2) is 62.2 Å². The molecular weight excluding hydrogens is 316 g/mol. The number of ether oxygens (including phenoxy) is 1. The van der Waals surface area contributed by atoms with E-state index in [1.165, 1.54) is 27.7 Å². The third kappa shape index (κ3) is 1.76. The monoisotopic (exact) mass is 340 g/mol. The quantitative estimate of drug-likeness (QED) is 0.497. The largest absolute Gasteiger partial charge is 0.465 e. The van der Waals surface area contributed by atoms with Gasteiger partial charge in [-0.15, -0.1) is 0 Å². The average molecular weight is 340 g/mol. The minimum atomic E-state index is -1.83. The van der Waals surface area contributed by atoms with Crippen molar-refractivity contribution in [2.75, 3.05) is 6.61 Å². The molecule has 3 rings (SSSR count). The molecule has 3 aliphatic rings.